The second kappa shape index (κ2) is 5.06. The van der Waals surface area contributed by atoms with Crippen LogP contribution in [0.15, 0.2) is 29.2 Å². The molecule has 0 radical (unpaired) electrons. The number of hydrogen-bond acceptors (Lipinski definition) is 3. The molecule has 1 saturated heterocycles. The van der Waals surface area contributed by atoms with Crippen LogP contribution in [0.2, 0.25) is 0 Å². The third-order valence-electron chi connectivity index (χ3n) is 3.62. The maximum Gasteiger partial charge on any atom is 0.243 e. The number of piperidine rings is 1. The molecule has 0 saturated carbocycles. The van der Waals surface area contributed by atoms with E-state index >= 15 is 0 Å². The third kappa shape index (κ3) is 2.72. The molecule has 1 aromatic rings. The van der Waals surface area contributed by atoms with E-state index in [4.69, 9.17) is 0 Å². The van der Waals surface area contributed by atoms with Crippen molar-refractivity contribution in [2.24, 2.45) is 5.92 Å². The molecule has 1 aromatic carbocycles. The van der Waals surface area contributed by atoms with E-state index in [1.54, 1.807) is 38.1 Å². The normalized spacial score (nSPS) is 25.5. The molecule has 1 aliphatic heterocycles. The van der Waals surface area contributed by atoms with Crippen LogP contribution in [0.5, 0.6) is 0 Å². The Kier molecular flexibility index (Phi) is 3.78. The minimum atomic E-state index is -3.50. The maximum absolute atomic E-state index is 12.6. The van der Waals surface area contributed by atoms with Gasteiger partial charge in [-0.3, -0.25) is 4.79 Å². The highest BCUT2D eigenvalue weighted by molar-refractivity contribution is 7.89. The lowest BCUT2D eigenvalue weighted by Gasteiger charge is -2.34. The van der Waals surface area contributed by atoms with E-state index in [1.165, 1.54) is 4.31 Å². The van der Waals surface area contributed by atoms with Gasteiger partial charge in [-0.25, -0.2) is 8.42 Å². The van der Waals surface area contributed by atoms with Crippen molar-refractivity contribution in [2.45, 2.75) is 38.1 Å². The molecule has 0 unspecified atom stereocenters. The smallest absolute Gasteiger partial charge is 0.243 e. The number of hydrogen-bond donors (Lipinski definition) is 0. The molecule has 2 rings (SSSR count). The Morgan fingerprint density at radius 3 is 2.32 bits per heavy atom. The Hall–Kier alpha value is -1.20. The fourth-order valence-corrected chi connectivity index (χ4v) is 4.05. The Bertz CT molecular complexity index is 577. The first-order valence-electron chi connectivity index (χ1n) is 6.43. The van der Waals surface area contributed by atoms with E-state index < -0.39 is 10.0 Å². The van der Waals surface area contributed by atoms with Crippen molar-refractivity contribution in [2.75, 3.05) is 6.54 Å². The summed E-state index contributed by atoms with van der Waals surface area (Å²) in [7, 11) is -3.50. The molecule has 4 nitrogen and oxygen atoms in total. The largest absolute Gasteiger partial charge is 0.299 e. The van der Waals surface area contributed by atoms with Gasteiger partial charge in [0.15, 0.2) is 0 Å². The molecule has 0 amide bonds. The summed E-state index contributed by atoms with van der Waals surface area (Å²) in [5, 5.41) is 0. The molecule has 1 aliphatic rings. The van der Waals surface area contributed by atoms with Crippen LogP contribution < -0.4 is 0 Å². The van der Waals surface area contributed by atoms with E-state index in [2.05, 4.69) is 0 Å². The number of Topliss-reactive ketones (excluding diaryl/α,β-unsaturated/α-hetero) is 1. The molecule has 2 atom stereocenters. The summed E-state index contributed by atoms with van der Waals surface area (Å²) in [5.41, 5.74) is 1.02. The average Bonchev–Trinajstić information content (AvgIpc) is 2.34. The van der Waals surface area contributed by atoms with Gasteiger partial charge in [0.2, 0.25) is 10.0 Å². The first-order valence-corrected chi connectivity index (χ1v) is 7.87. The first-order chi connectivity index (χ1) is 8.82. The van der Waals surface area contributed by atoms with Crippen LogP contribution in [0.25, 0.3) is 0 Å². The zero-order valence-electron chi connectivity index (χ0n) is 11.5. The number of rotatable bonds is 2. The second-order valence-electron chi connectivity index (χ2n) is 5.31. The van der Waals surface area contributed by atoms with Gasteiger partial charge in [0.25, 0.3) is 0 Å². The van der Waals surface area contributed by atoms with Crippen LogP contribution in [0.3, 0.4) is 0 Å². The monoisotopic (exact) mass is 281 g/mol. The Morgan fingerprint density at radius 1 is 1.16 bits per heavy atom. The Morgan fingerprint density at radius 2 is 1.74 bits per heavy atom. The fraction of sp³-hybridized carbons (Fsp3) is 0.500. The molecule has 19 heavy (non-hydrogen) atoms. The van der Waals surface area contributed by atoms with E-state index in [9.17, 15) is 13.2 Å². The second-order valence-corrected chi connectivity index (χ2v) is 7.20. The van der Waals surface area contributed by atoms with Gasteiger partial charge in [0.05, 0.1) is 4.90 Å². The fourth-order valence-electron chi connectivity index (χ4n) is 2.33. The van der Waals surface area contributed by atoms with Crippen LogP contribution in [-0.2, 0) is 14.8 Å². The molecule has 5 heteroatoms. The zero-order chi connectivity index (χ0) is 14.2. The molecule has 0 bridgehead atoms. The molecule has 0 spiro atoms. The van der Waals surface area contributed by atoms with Crippen LogP contribution in [-0.4, -0.2) is 31.1 Å². The molecular formula is C14H19NO3S. The van der Waals surface area contributed by atoms with Crippen molar-refractivity contribution in [3.8, 4) is 0 Å². The summed E-state index contributed by atoms with van der Waals surface area (Å²) in [6.45, 7) is 5.76. The lowest BCUT2D eigenvalue weighted by atomic mass is 9.96. The van der Waals surface area contributed by atoms with Crippen molar-refractivity contribution in [1.82, 2.24) is 4.31 Å². The summed E-state index contributed by atoms with van der Waals surface area (Å²) in [5.74, 6) is -0.0840. The quantitative estimate of drug-likeness (QED) is 0.833. The molecule has 1 heterocycles. The van der Waals surface area contributed by atoms with Crippen LogP contribution in [0.4, 0.5) is 0 Å². The number of benzene rings is 1. The van der Waals surface area contributed by atoms with Crippen LogP contribution >= 0.6 is 0 Å². The number of aryl methyl sites for hydroxylation is 1. The van der Waals surface area contributed by atoms with E-state index in [0.717, 1.165) is 5.56 Å². The Balaban J connectivity index is 2.34. The summed E-state index contributed by atoms with van der Waals surface area (Å²) >= 11 is 0. The number of ketones is 1. The van der Waals surface area contributed by atoms with Crippen molar-refractivity contribution >= 4 is 15.8 Å². The lowest BCUT2D eigenvalue weighted by Crippen LogP contribution is -2.48. The van der Waals surface area contributed by atoms with Gasteiger partial charge in [0.1, 0.15) is 5.78 Å². The SMILES string of the molecule is Cc1ccc(S(=O)(=O)N2C[C@@H](C)C(=O)C[C@H]2C)cc1. The number of sulfonamides is 1. The van der Waals surface area contributed by atoms with Gasteiger partial charge in [-0.1, -0.05) is 24.6 Å². The predicted octanol–water partition coefficient (Wildman–Crippen LogP) is 1.98. The predicted molar refractivity (Wildman–Crippen MR) is 73.3 cm³/mol. The summed E-state index contributed by atoms with van der Waals surface area (Å²) in [4.78, 5) is 11.9. The topological polar surface area (TPSA) is 54.5 Å². The molecule has 1 fully saturated rings. The van der Waals surface area contributed by atoms with Gasteiger partial charge in [-0.05, 0) is 26.0 Å². The highest BCUT2D eigenvalue weighted by Gasteiger charge is 2.37. The molecule has 0 aromatic heterocycles. The first kappa shape index (κ1) is 14.2. The summed E-state index contributed by atoms with van der Waals surface area (Å²) in [6.07, 6.45) is 0.298. The standard InChI is InChI=1S/C14H19NO3S/c1-10-4-6-13(7-5-10)19(17,18)15-9-11(2)14(16)8-12(15)3/h4-7,11-12H,8-9H2,1-3H3/t11-,12-/m1/s1. The minimum absolute atomic E-state index is 0.142. The molecule has 0 N–H and O–H groups in total. The van der Waals surface area contributed by atoms with E-state index in [0.29, 0.717) is 11.3 Å². The third-order valence-corrected chi connectivity index (χ3v) is 5.61. The van der Waals surface area contributed by atoms with Gasteiger partial charge < -0.3 is 0 Å². The minimum Gasteiger partial charge on any atom is -0.299 e. The van der Waals surface area contributed by atoms with Crippen molar-refractivity contribution in [3.63, 3.8) is 0 Å². The van der Waals surface area contributed by atoms with Gasteiger partial charge in [-0.15, -0.1) is 0 Å². The number of carbonyl (C=O) groups is 1. The zero-order valence-corrected chi connectivity index (χ0v) is 12.3. The summed E-state index contributed by atoms with van der Waals surface area (Å²) < 4.78 is 26.6. The van der Waals surface area contributed by atoms with Gasteiger partial charge >= 0.3 is 0 Å². The van der Waals surface area contributed by atoms with Gasteiger partial charge in [0, 0.05) is 24.9 Å². The van der Waals surface area contributed by atoms with E-state index in [-0.39, 0.29) is 24.3 Å². The lowest BCUT2D eigenvalue weighted by molar-refractivity contribution is -0.125. The maximum atomic E-state index is 12.6. The number of carbonyl (C=O) groups excluding carboxylic acids is 1. The van der Waals surface area contributed by atoms with Crippen LogP contribution in [0.1, 0.15) is 25.8 Å². The Labute approximate surface area is 114 Å². The van der Waals surface area contributed by atoms with Crippen molar-refractivity contribution in [1.29, 1.82) is 0 Å². The number of nitrogens with zero attached hydrogens (tertiary/aromatic N) is 1. The van der Waals surface area contributed by atoms with Crippen molar-refractivity contribution in [3.05, 3.63) is 29.8 Å². The molecule has 104 valence electrons. The van der Waals surface area contributed by atoms with E-state index in [1.807, 2.05) is 6.92 Å². The highest BCUT2D eigenvalue weighted by atomic mass is 32.2. The van der Waals surface area contributed by atoms with Crippen molar-refractivity contribution < 1.29 is 13.2 Å². The highest BCUT2D eigenvalue weighted by Crippen LogP contribution is 2.26. The molecular weight excluding hydrogens is 262 g/mol. The van der Waals surface area contributed by atoms with Crippen LogP contribution in [0, 0.1) is 12.8 Å². The molecule has 0 aliphatic carbocycles. The summed E-state index contributed by atoms with van der Waals surface area (Å²) in [6, 6.07) is 6.55. The van der Waals surface area contributed by atoms with Gasteiger partial charge in [-0.2, -0.15) is 4.31 Å². The average molecular weight is 281 g/mol.